The number of likely N-dealkylation sites (tertiary alicyclic amines) is 1. The number of benzene rings is 2. The molecule has 3 saturated heterocycles. The van der Waals surface area contributed by atoms with Crippen molar-refractivity contribution in [2.45, 2.75) is 69.2 Å². The van der Waals surface area contributed by atoms with Crippen molar-refractivity contribution in [3.8, 4) is 0 Å². The number of unbranched alkanes of at least 4 members (excludes halogenated alkanes) is 3. The van der Waals surface area contributed by atoms with Gasteiger partial charge in [0.05, 0.1) is 17.4 Å². The summed E-state index contributed by atoms with van der Waals surface area (Å²) in [6.07, 6.45) is 7.57. The van der Waals surface area contributed by atoms with E-state index in [0.29, 0.717) is 51.9 Å². The monoisotopic (exact) mass is 599 g/mol. The molecule has 8 heteroatoms. The van der Waals surface area contributed by atoms with E-state index < -0.39 is 29.1 Å². The van der Waals surface area contributed by atoms with E-state index >= 15 is 0 Å². The van der Waals surface area contributed by atoms with Crippen LogP contribution in [-0.2, 0) is 25.7 Å². The average molecular weight is 600 g/mol. The van der Waals surface area contributed by atoms with E-state index in [9.17, 15) is 19.5 Å². The summed E-state index contributed by atoms with van der Waals surface area (Å²) in [6.45, 7) is 11.2. The summed E-state index contributed by atoms with van der Waals surface area (Å²) >= 11 is 0. The van der Waals surface area contributed by atoms with Crippen LogP contribution < -0.4 is 4.90 Å². The van der Waals surface area contributed by atoms with Crippen LogP contribution in [-0.4, -0.2) is 76.1 Å². The largest absolute Gasteiger partial charge is 0.396 e. The molecular weight excluding hydrogens is 554 g/mol. The number of amides is 3. The Morgan fingerprint density at radius 1 is 0.955 bits per heavy atom. The Bertz CT molecular complexity index is 1350. The van der Waals surface area contributed by atoms with Crippen molar-refractivity contribution in [3.05, 3.63) is 91.5 Å². The van der Waals surface area contributed by atoms with Gasteiger partial charge in [0.25, 0.3) is 0 Å². The van der Waals surface area contributed by atoms with Crippen molar-refractivity contribution in [1.82, 2.24) is 9.80 Å². The van der Waals surface area contributed by atoms with Crippen LogP contribution in [0, 0.1) is 11.8 Å². The zero-order chi connectivity index (χ0) is 31.3. The molecule has 0 aliphatic carbocycles. The van der Waals surface area contributed by atoms with Crippen LogP contribution in [0.1, 0.15) is 51.0 Å². The SMILES string of the molecule is C=CCN(Cc1ccccc1)C(=O)C1N(CCCCCCO)C(=O)[C@@H]2[C@H](C(=O)N(CC=C)c3ccccc3)[C@]3(C)CCC12O3. The number of ether oxygens (including phenoxy) is 1. The van der Waals surface area contributed by atoms with Gasteiger partial charge < -0.3 is 24.5 Å². The third-order valence-corrected chi connectivity index (χ3v) is 9.61. The Morgan fingerprint density at radius 2 is 1.61 bits per heavy atom. The van der Waals surface area contributed by atoms with Gasteiger partial charge in [-0.15, -0.1) is 13.2 Å². The highest BCUT2D eigenvalue weighted by atomic mass is 16.5. The number of fused-ring (bicyclic) bond motifs is 1. The summed E-state index contributed by atoms with van der Waals surface area (Å²) in [5.74, 6) is -2.04. The maximum atomic E-state index is 14.7. The van der Waals surface area contributed by atoms with Crippen molar-refractivity contribution in [1.29, 1.82) is 0 Å². The highest BCUT2D eigenvalue weighted by molar-refractivity contribution is 6.03. The predicted molar refractivity (Wildman–Crippen MR) is 171 cm³/mol. The van der Waals surface area contributed by atoms with Crippen LogP contribution in [0.3, 0.4) is 0 Å². The first kappa shape index (κ1) is 31.7. The van der Waals surface area contributed by atoms with Crippen molar-refractivity contribution in [2.24, 2.45) is 11.8 Å². The average Bonchev–Trinajstić information content (AvgIpc) is 3.60. The lowest BCUT2D eigenvalue weighted by Crippen LogP contribution is -2.56. The Morgan fingerprint density at radius 3 is 2.27 bits per heavy atom. The summed E-state index contributed by atoms with van der Waals surface area (Å²) < 4.78 is 6.88. The topological polar surface area (TPSA) is 90.4 Å². The maximum absolute atomic E-state index is 14.7. The number of hydrogen-bond acceptors (Lipinski definition) is 5. The molecule has 3 fully saturated rings. The molecule has 2 unspecified atom stereocenters. The quantitative estimate of drug-likeness (QED) is 0.236. The number of carbonyl (C=O) groups excluding carboxylic acids is 3. The number of para-hydroxylation sites is 1. The second-order valence-corrected chi connectivity index (χ2v) is 12.5. The number of aliphatic hydroxyl groups excluding tert-OH is 1. The minimum absolute atomic E-state index is 0.129. The first-order chi connectivity index (χ1) is 21.3. The van der Waals surface area contributed by atoms with Gasteiger partial charge in [0.1, 0.15) is 11.6 Å². The van der Waals surface area contributed by atoms with Gasteiger partial charge in [0.15, 0.2) is 0 Å². The summed E-state index contributed by atoms with van der Waals surface area (Å²) in [5, 5.41) is 9.24. The zero-order valence-corrected chi connectivity index (χ0v) is 25.8. The summed E-state index contributed by atoms with van der Waals surface area (Å²) in [4.78, 5) is 48.8. The fraction of sp³-hybridized carbons (Fsp3) is 0.472. The van der Waals surface area contributed by atoms with E-state index in [0.717, 1.165) is 24.1 Å². The molecule has 1 spiro atoms. The smallest absolute Gasteiger partial charge is 0.248 e. The van der Waals surface area contributed by atoms with E-state index in [1.165, 1.54) is 0 Å². The van der Waals surface area contributed by atoms with Crippen LogP contribution in [0.25, 0.3) is 0 Å². The first-order valence-electron chi connectivity index (χ1n) is 15.8. The summed E-state index contributed by atoms with van der Waals surface area (Å²) in [7, 11) is 0. The lowest BCUT2D eigenvalue weighted by atomic mass is 9.66. The first-order valence-corrected chi connectivity index (χ1v) is 15.8. The molecule has 1 N–H and O–H groups in total. The molecular formula is C36H45N3O5. The van der Waals surface area contributed by atoms with Gasteiger partial charge in [0, 0.05) is 38.5 Å². The molecule has 44 heavy (non-hydrogen) atoms. The maximum Gasteiger partial charge on any atom is 0.248 e. The molecule has 3 aliphatic rings. The van der Waals surface area contributed by atoms with Gasteiger partial charge >= 0.3 is 0 Å². The zero-order valence-electron chi connectivity index (χ0n) is 25.8. The second kappa shape index (κ2) is 13.5. The van der Waals surface area contributed by atoms with Crippen molar-refractivity contribution < 1.29 is 24.2 Å². The fourth-order valence-corrected chi connectivity index (χ4v) is 7.66. The molecule has 3 heterocycles. The van der Waals surface area contributed by atoms with Gasteiger partial charge in [-0.05, 0) is 50.3 Å². The Labute approximate surface area is 261 Å². The Balaban J connectivity index is 1.52. The van der Waals surface area contributed by atoms with Crippen molar-refractivity contribution in [2.75, 3.05) is 31.1 Å². The number of nitrogens with zero attached hydrogens (tertiary/aromatic N) is 3. The number of hydrogen-bond donors (Lipinski definition) is 1. The molecule has 5 atom stereocenters. The molecule has 2 aromatic carbocycles. The summed E-state index contributed by atoms with van der Waals surface area (Å²) in [5.41, 5.74) is -0.256. The molecule has 234 valence electrons. The molecule has 2 bridgehead atoms. The minimum Gasteiger partial charge on any atom is -0.396 e. The van der Waals surface area contributed by atoms with Gasteiger partial charge in [-0.25, -0.2) is 0 Å². The van der Waals surface area contributed by atoms with Crippen LogP contribution in [0.15, 0.2) is 86.0 Å². The molecule has 8 nitrogen and oxygen atoms in total. The van der Waals surface area contributed by atoms with Crippen molar-refractivity contribution >= 4 is 23.4 Å². The highest BCUT2D eigenvalue weighted by Gasteiger charge is 2.78. The molecule has 0 saturated carbocycles. The van der Waals surface area contributed by atoms with Gasteiger partial charge in [0.2, 0.25) is 17.7 Å². The molecule has 2 aromatic rings. The van der Waals surface area contributed by atoms with E-state index in [1.54, 1.807) is 26.9 Å². The second-order valence-electron chi connectivity index (χ2n) is 12.5. The van der Waals surface area contributed by atoms with Crippen LogP contribution >= 0.6 is 0 Å². The molecule has 3 aliphatic heterocycles. The fourth-order valence-electron chi connectivity index (χ4n) is 7.66. The van der Waals surface area contributed by atoms with E-state index in [2.05, 4.69) is 13.2 Å². The Hall–Kier alpha value is -3.75. The van der Waals surface area contributed by atoms with Gasteiger partial charge in [-0.2, -0.15) is 0 Å². The van der Waals surface area contributed by atoms with E-state index in [4.69, 9.17) is 4.74 Å². The number of anilines is 1. The molecule has 0 aromatic heterocycles. The number of carbonyl (C=O) groups is 3. The lowest BCUT2D eigenvalue weighted by molar-refractivity contribution is -0.151. The highest BCUT2D eigenvalue weighted by Crippen LogP contribution is 2.63. The van der Waals surface area contributed by atoms with Crippen LogP contribution in [0.4, 0.5) is 5.69 Å². The normalized spacial score (nSPS) is 26.8. The molecule has 5 rings (SSSR count). The third kappa shape index (κ3) is 5.73. The standard InChI is InChI=1S/C36H45N3O5/c1-4-22-37(26-27-16-10-8-11-17-27)34(43)31-36-21-20-35(3,44-36)29(30(36)33(42)39(31)24-14-6-7-15-25-40)32(41)38(23-5-2)28-18-12-9-13-19-28/h4-5,8-13,16-19,29-31,40H,1-2,6-7,14-15,20-26H2,3H3/t29-,30+,31?,35+,36?/m1/s1. The molecule has 3 amide bonds. The Kier molecular flexibility index (Phi) is 9.71. The summed E-state index contributed by atoms with van der Waals surface area (Å²) in [6, 6.07) is 18.4. The van der Waals surface area contributed by atoms with Crippen molar-refractivity contribution in [3.63, 3.8) is 0 Å². The molecule has 0 radical (unpaired) electrons. The lowest BCUT2D eigenvalue weighted by Gasteiger charge is -2.37. The van der Waals surface area contributed by atoms with E-state index in [-0.39, 0.29) is 24.3 Å². The van der Waals surface area contributed by atoms with E-state index in [1.807, 2.05) is 67.6 Å². The van der Waals surface area contributed by atoms with Crippen LogP contribution in [0.5, 0.6) is 0 Å². The third-order valence-electron chi connectivity index (χ3n) is 9.61. The number of rotatable bonds is 15. The van der Waals surface area contributed by atoms with Gasteiger partial charge in [-0.3, -0.25) is 14.4 Å². The predicted octanol–water partition coefficient (Wildman–Crippen LogP) is 4.74. The van der Waals surface area contributed by atoms with Gasteiger partial charge in [-0.1, -0.05) is 73.5 Å². The minimum atomic E-state index is -1.10. The number of aliphatic hydroxyl groups is 1. The van der Waals surface area contributed by atoms with Crippen LogP contribution in [0.2, 0.25) is 0 Å².